The molecule has 18 heavy (non-hydrogen) atoms. The molecule has 3 rings (SSSR count). The van der Waals surface area contributed by atoms with E-state index in [4.69, 9.17) is 9.47 Å². The molecule has 3 fully saturated rings. The molecule has 4 heteroatoms. The second kappa shape index (κ2) is 3.49. The predicted octanol–water partition coefficient (Wildman–Crippen LogP) is 2.27. The summed E-state index contributed by atoms with van der Waals surface area (Å²) in [6.45, 7) is 5.70. The maximum Gasteiger partial charge on any atom is 0.314 e. The molecule has 4 nitrogen and oxygen atoms in total. The van der Waals surface area contributed by atoms with Gasteiger partial charge >= 0.3 is 11.9 Å². The standard InChI is InChI=1S/C14H20O4/c1-4-13(2,3)12(16)18-14-7-8-5-9(10(14)6-8)11(15)17-14/h8-10H,4-7H2,1-3H3. The first-order chi connectivity index (χ1) is 8.38. The summed E-state index contributed by atoms with van der Waals surface area (Å²) < 4.78 is 11.1. The Balaban J connectivity index is 1.81. The number of hydrogen-bond donors (Lipinski definition) is 0. The maximum atomic E-state index is 12.2. The zero-order valence-corrected chi connectivity index (χ0v) is 11.2. The van der Waals surface area contributed by atoms with Gasteiger partial charge in [0.15, 0.2) is 0 Å². The maximum absolute atomic E-state index is 12.2. The lowest BCUT2D eigenvalue weighted by Gasteiger charge is -2.33. The predicted molar refractivity (Wildman–Crippen MR) is 63.3 cm³/mol. The van der Waals surface area contributed by atoms with E-state index >= 15 is 0 Å². The molecule has 0 aromatic carbocycles. The first kappa shape index (κ1) is 12.0. The molecule has 0 aromatic rings. The van der Waals surface area contributed by atoms with Gasteiger partial charge in [-0.3, -0.25) is 9.59 Å². The normalized spacial score (nSPS) is 41.1. The molecule has 1 saturated heterocycles. The average molecular weight is 252 g/mol. The van der Waals surface area contributed by atoms with Crippen LogP contribution >= 0.6 is 0 Å². The van der Waals surface area contributed by atoms with E-state index in [2.05, 4.69) is 0 Å². The van der Waals surface area contributed by atoms with Crippen molar-refractivity contribution in [2.45, 2.75) is 52.2 Å². The Morgan fingerprint density at radius 2 is 2.22 bits per heavy atom. The van der Waals surface area contributed by atoms with Crippen LogP contribution in [0.2, 0.25) is 0 Å². The van der Waals surface area contributed by atoms with Crippen molar-refractivity contribution in [3.05, 3.63) is 0 Å². The Kier molecular flexibility index (Phi) is 2.32. The fourth-order valence-corrected chi connectivity index (χ4v) is 3.55. The minimum atomic E-state index is -0.922. The summed E-state index contributed by atoms with van der Waals surface area (Å²) in [5, 5.41) is 0. The molecule has 4 atom stereocenters. The van der Waals surface area contributed by atoms with Crippen molar-refractivity contribution in [2.75, 3.05) is 0 Å². The number of fused-ring (bicyclic) bond motifs is 1. The van der Waals surface area contributed by atoms with Crippen LogP contribution in [0.5, 0.6) is 0 Å². The van der Waals surface area contributed by atoms with Crippen molar-refractivity contribution in [1.29, 1.82) is 0 Å². The van der Waals surface area contributed by atoms with Gasteiger partial charge in [-0.25, -0.2) is 0 Å². The molecule has 0 spiro atoms. The third kappa shape index (κ3) is 1.44. The lowest BCUT2D eigenvalue weighted by molar-refractivity contribution is -0.229. The number of ether oxygens (including phenoxy) is 2. The highest BCUT2D eigenvalue weighted by Gasteiger charge is 2.68. The topological polar surface area (TPSA) is 52.6 Å². The van der Waals surface area contributed by atoms with Gasteiger partial charge in [0.2, 0.25) is 0 Å². The minimum absolute atomic E-state index is 0.0266. The van der Waals surface area contributed by atoms with Gasteiger partial charge < -0.3 is 9.47 Å². The Morgan fingerprint density at radius 3 is 2.83 bits per heavy atom. The number of carbonyl (C=O) groups excluding carboxylic acids is 2. The van der Waals surface area contributed by atoms with Crippen molar-refractivity contribution < 1.29 is 19.1 Å². The molecule has 3 aliphatic rings. The van der Waals surface area contributed by atoms with Crippen LogP contribution in [-0.2, 0) is 19.1 Å². The highest BCUT2D eigenvalue weighted by atomic mass is 16.7. The smallest absolute Gasteiger partial charge is 0.314 e. The second-order valence-corrected chi connectivity index (χ2v) is 6.61. The minimum Gasteiger partial charge on any atom is -0.422 e. The van der Waals surface area contributed by atoms with E-state index in [-0.39, 0.29) is 23.8 Å². The molecular weight excluding hydrogens is 232 g/mol. The van der Waals surface area contributed by atoms with Crippen LogP contribution in [0.3, 0.4) is 0 Å². The molecule has 0 amide bonds. The van der Waals surface area contributed by atoms with Gasteiger partial charge in [0.05, 0.1) is 17.3 Å². The van der Waals surface area contributed by atoms with E-state index in [0.29, 0.717) is 18.8 Å². The average Bonchev–Trinajstić information content (AvgIpc) is 2.88. The summed E-state index contributed by atoms with van der Waals surface area (Å²) in [7, 11) is 0. The molecule has 0 aromatic heterocycles. The molecule has 2 aliphatic carbocycles. The van der Waals surface area contributed by atoms with Crippen molar-refractivity contribution in [1.82, 2.24) is 0 Å². The van der Waals surface area contributed by atoms with Crippen molar-refractivity contribution in [3.63, 3.8) is 0 Å². The number of esters is 2. The van der Waals surface area contributed by atoms with Gasteiger partial charge in [-0.15, -0.1) is 0 Å². The quantitative estimate of drug-likeness (QED) is 0.723. The summed E-state index contributed by atoms with van der Waals surface area (Å²) in [5.74, 6) is -0.765. The summed E-state index contributed by atoms with van der Waals surface area (Å²) >= 11 is 0. The lowest BCUT2D eigenvalue weighted by atomic mass is 9.86. The molecule has 1 heterocycles. The molecule has 0 radical (unpaired) electrons. The molecule has 2 saturated carbocycles. The third-order valence-corrected chi connectivity index (χ3v) is 5.08. The van der Waals surface area contributed by atoms with Crippen LogP contribution in [-0.4, -0.2) is 17.7 Å². The van der Waals surface area contributed by atoms with Gasteiger partial charge in [0, 0.05) is 6.42 Å². The van der Waals surface area contributed by atoms with Crippen LogP contribution in [0.15, 0.2) is 0 Å². The SMILES string of the molecule is CCC(C)(C)C(=O)OC12CC3CC(C(=O)O1)C2C3. The molecule has 0 N–H and O–H groups in total. The Hall–Kier alpha value is -1.06. The highest BCUT2D eigenvalue weighted by Crippen LogP contribution is 2.61. The Morgan fingerprint density at radius 1 is 1.50 bits per heavy atom. The Labute approximate surface area is 107 Å². The van der Waals surface area contributed by atoms with E-state index in [9.17, 15) is 9.59 Å². The van der Waals surface area contributed by atoms with E-state index < -0.39 is 11.2 Å². The third-order valence-electron chi connectivity index (χ3n) is 5.08. The van der Waals surface area contributed by atoms with E-state index in [1.54, 1.807) is 0 Å². The van der Waals surface area contributed by atoms with Crippen molar-refractivity contribution in [2.24, 2.45) is 23.2 Å². The largest absolute Gasteiger partial charge is 0.422 e. The zero-order valence-electron chi connectivity index (χ0n) is 11.2. The van der Waals surface area contributed by atoms with Crippen LogP contribution < -0.4 is 0 Å². The summed E-state index contributed by atoms with van der Waals surface area (Å²) in [4.78, 5) is 24.0. The summed E-state index contributed by atoms with van der Waals surface area (Å²) in [6, 6.07) is 0. The van der Waals surface area contributed by atoms with Crippen LogP contribution in [0.4, 0.5) is 0 Å². The van der Waals surface area contributed by atoms with Gasteiger partial charge in [0.1, 0.15) is 0 Å². The molecule has 4 unspecified atom stereocenters. The van der Waals surface area contributed by atoms with Gasteiger partial charge in [-0.1, -0.05) is 6.92 Å². The van der Waals surface area contributed by atoms with Crippen LogP contribution in [0.25, 0.3) is 0 Å². The van der Waals surface area contributed by atoms with Crippen molar-refractivity contribution >= 4 is 11.9 Å². The molecule has 2 bridgehead atoms. The zero-order chi connectivity index (χ0) is 13.1. The highest BCUT2D eigenvalue weighted by molar-refractivity contribution is 5.80. The molecule has 100 valence electrons. The van der Waals surface area contributed by atoms with E-state index in [0.717, 1.165) is 12.8 Å². The monoisotopic (exact) mass is 252 g/mol. The van der Waals surface area contributed by atoms with Crippen LogP contribution in [0, 0.1) is 23.2 Å². The first-order valence-electron chi connectivity index (χ1n) is 6.84. The fourth-order valence-electron chi connectivity index (χ4n) is 3.55. The van der Waals surface area contributed by atoms with Gasteiger partial charge in [0.25, 0.3) is 5.79 Å². The number of carbonyl (C=O) groups is 2. The Bertz CT molecular complexity index is 414. The van der Waals surface area contributed by atoms with E-state index in [1.807, 2.05) is 20.8 Å². The fraction of sp³-hybridized carbons (Fsp3) is 0.857. The van der Waals surface area contributed by atoms with Gasteiger partial charge in [-0.2, -0.15) is 0 Å². The van der Waals surface area contributed by atoms with Crippen LogP contribution in [0.1, 0.15) is 46.5 Å². The number of rotatable bonds is 3. The first-order valence-corrected chi connectivity index (χ1v) is 6.84. The lowest BCUT2D eigenvalue weighted by Crippen LogP contribution is -2.42. The van der Waals surface area contributed by atoms with Crippen molar-refractivity contribution in [3.8, 4) is 0 Å². The molecule has 1 aliphatic heterocycles. The second-order valence-electron chi connectivity index (χ2n) is 6.61. The summed E-state index contributed by atoms with van der Waals surface area (Å²) in [6.07, 6.45) is 3.30. The van der Waals surface area contributed by atoms with Gasteiger partial charge in [-0.05, 0) is 39.0 Å². The number of hydrogen-bond acceptors (Lipinski definition) is 4. The molecular formula is C14H20O4. The van der Waals surface area contributed by atoms with E-state index in [1.165, 1.54) is 0 Å². The summed E-state index contributed by atoms with van der Waals surface area (Å²) in [5.41, 5.74) is -0.513.